The van der Waals surface area contributed by atoms with Crippen molar-refractivity contribution in [1.29, 1.82) is 0 Å². The molecule has 0 spiro atoms. The normalized spacial score (nSPS) is 20.8. The van der Waals surface area contributed by atoms with E-state index in [1.54, 1.807) is 0 Å². The van der Waals surface area contributed by atoms with Gasteiger partial charge >= 0.3 is 0 Å². The average Bonchev–Trinajstić information content (AvgIpc) is 3.09. The van der Waals surface area contributed by atoms with Crippen LogP contribution in [0.3, 0.4) is 0 Å². The Labute approximate surface area is 118 Å². The van der Waals surface area contributed by atoms with Crippen LogP contribution in [0, 0.1) is 0 Å². The Morgan fingerprint density at radius 3 is 2.29 bits per heavy atom. The predicted octanol–water partition coefficient (Wildman–Crippen LogP) is 1.61. The zero-order valence-electron chi connectivity index (χ0n) is 10.9. The Hall–Kier alpha value is 0.460. The van der Waals surface area contributed by atoms with E-state index < -0.39 is 0 Å². The first-order valence-electron chi connectivity index (χ1n) is 6.57. The number of nitrogens with zero attached hydrogens (tertiary/aromatic N) is 2. The number of rotatable bonds is 6. The van der Waals surface area contributed by atoms with Crippen LogP contribution in [0.5, 0.6) is 0 Å². The maximum absolute atomic E-state index is 3.41. The lowest BCUT2D eigenvalue weighted by molar-refractivity contribution is 0.183. The summed E-state index contributed by atoms with van der Waals surface area (Å²) in [7, 11) is 0. The van der Waals surface area contributed by atoms with Gasteiger partial charge in [-0.15, -0.1) is 24.8 Å². The summed E-state index contributed by atoms with van der Waals surface area (Å²) in [5.41, 5.74) is 0. The number of piperazine rings is 1. The molecular weight excluding hydrogens is 257 g/mol. The van der Waals surface area contributed by atoms with Crippen molar-refractivity contribution in [3.8, 4) is 0 Å². The van der Waals surface area contributed by atoms with Crippen molar-refractivity contribution in [3.63, 3.8) is 0 Å². The molecule has 0 aromatic carbocycles. The van der Waals surface area contributed by atoms with Crippen molar-refractivity contribution >= 4 is 24.8 Å². The first kappa shape index (κ1) is 17.5. The summed E-state index contributed by atoms with van der Waals surface area (Å²) in [4.78, 5) is 5.30. The fourth-order valence-corrected chi connectivity index (χ4v) is 2.41. The van der Waals surface area contributed by atoms with Crippen LogP contribution < -0.4 is 5.32 Å². The van der Waals surface area contributed by atoms with Gasteiger partial charge in [0.2, 0.25) is 0 Å². The second-order valence-corrected chi connectivity index (χ2v) is 4.86. The van der Waals surface area contributed by atoms with Gasteiger partial charge in [-0.05, 0) is 25.8 Å². The molecule has 0 unspecified atom stereocenters. The molecule has 2 aliphatic rings. The maximum atomic E-state index is 3.41. The van der Waals surface area contributed by atoms with Gasteiger partial charge in [0.1, 0.15) is 0 Å². The zero-order valence-corrected chi connectivity index (χ0v) is 12.5. The predicted molar refractivity (Wildman–Crippen MR) is 78.7 cm³/mol. The summed E-state index contributed by atoms with van der Waals surface area (Å²) >= 11 is 0. The smallest absolute Gasteiger partial charge is 0.0112 e. The first-order chi connectivity index (χ1) is 7.40. The molecule has 1 saturated carbocycles. The maximum Gasteiger partial charge on any atom is 0.0112 e. The molecule has 1 aliphatic heterocycles. The van der Waals surface area contributed by atoms with Gasteiger partial charge in [0, 0.05) is 45.3 Å². The summed E-state index contributed by atoms with van der Waals surface area (Å²) in [6, 6.07) is 0.938. The lowest BCUT2D eigenvalue weighted by atomic mass is 10.3. The van der Waals surface area contributed by atoms with E-state index in [1.165, 1.54) is 65.1 Å². The van der Waals surface area contributed by atoms with Crippen molar-refractivity contribution < 1.29 is 0 Å². The molecular formula is C12H27Cl2N3. The van der Waals surface area contributed by atoms with Crippen molar-refractivity contribution in [1.82, 2.24) is 15.1 Å². The highest BCUT2D eigenvalue weighted by Crippen LogP contribution is 2.26. The Morgan fingerprint density at radius 2 is 1.76 bits per heavy atom. The Bertz CT molecular complexity index is 183. The molecule has 0 radical (unpaired) electrons. The molecule has 1 saturated heterocycles. The number of hydrogen-bond acceptors (Lipinski definition) is 3. The van der Waals surface area contributed by atoms with Gasteiger partial charge < -0.3 is 5.32 Å². The Morgan fingerprint density at radius 1 is 1.12 bits per heavy atom. The van der Waals surface area contributed by atoms with Crippen LogP contribution in [0.25, 0.3) is 0 Å². The molecule has 104 valence electrons. The summed E-state index contributed by atoms with van der Waals surface area (Å²) < 4.78 is 0. The van der Waals surface area contributed by atoms with Crippen molar-refractivity contribution in [2.24, 2.45) is 0 Å². The lowest BCUT2D eigenvalue weighted by Gasteiger charge is -2.30. The molecule has 17 heavy (non-hydrogen) atoms. The topological polar surface area (TPSA) is 18.5 Å². The zero-order chi connectivity index (χ0) is 10.5. The van der Waals surface area contributed by atoms with Crippen LogP contribution in [0.15, 0.2) is 0 Å². The van der Waals surface area contributed by atoms with Gasteiger partial charge in [0.05, 0.1) is 0 Å². The molecule has 2 rings (SSSR count). The quantitative estimate of drug-likeness (QED) is 0.799. The van der Waals surface area contributed by atoms with E-state index in [0.29, 0.717) is 0 Å². The molecule has 0 aromatic rings. The SMILES string of the molecule is CCCN(CCN1CCNCC1)C1CC1.Cl.Cl. The van der Waals surface area contributed by atoms with Crippen LogP contribution in [0.1, 0.15) is 26.2 Å². The number of halogens is 2. The van der Waals surface area contributed by atoms with Crippen LogP contribution in [-0.4, -0.2) is 61.7 Å². The molecule has 1 heterocycles. The summed E-state index contributed by atoms with van der Waals surface area (Å²) in [6.45, 7) is 11.0. The highest BCUT2D eigenvalue weighted by atomic mass is 35.5. The third-order valence-electron chi connectivity index (χ3n) is 3.49. The van der Waals surface area contributed by atoms with E-state index in [-0.39, 0.29) is 24.8 Å². The molecule has 0 atom stereocenters. The summed E-state index contributed by atoms with van der Waals surface area (Å²) in [6.07, 6.45) is 4.20. The van der Waals surface area contributed by atoms with E-state index in [2.05, 4.69) is 22.0 Å². The Kier molecular flexibility index (Phi) is 9.65. The van der Waals surface area contributed by atoms with Crippen LogP contribution >= 0.6 is 24.8 Å². The van der Waals surface area contributed by atoms with Crippen molar-refractivity contribution in [3.05, 3.63) is 0 Å². The van der Waals surface area contributed by atoms with Gasteiger partial charge in [-0.1, -0.05) is 6.92 Å². The van der Waals surface area contributed by atoms with Gasteiger partial charge in [-0.2, -0.15) is 0 Å². The van der Waals surface area contributed by atoms with Gasteiger partial charge in [-0.3, -0.25) is 9.80 Å². The van der Waals surface area contributed by atoms with Crippen LogP contribution in [0.2, 0.25) is 0 Å². The third kappa shape index (κ3) is 6.25. The van der Waals surface area contributed by atoms with Crippen LogP contribution in [0.4, 0.5) is 0 Å². The second kappa shape index (κ2) is 9.40. The van der Waals surface area contributed by atoms with Crippen molar-refractivity contribution in [2.45, 2.75) is 32.2 Å². The minimum Gasteiger partial charge on any atom is -0.314 e. The van der Waals surface area contributed by atoms with E-state index in [1.807, 2.05) is 0 Å². The van der Waals surface area contributed by atoms with E-state index in [9.17, 15) is 0 Å². The second-order valence-electron chi connectivity index (χ2n) is 4.86. The summed E-state index contributed by atoms with van der Waals surface area (Å²) in [5.74, 6) is 0. The molecule has 0 amide bonds. The van der Waals surface area contributed by atoms with E-state index in [0.717, 1.165) is 6.04 Å². The van der Waals surface area contributed by atoms with Gasteiger partial charge in [0.25, 0.3) is 0 Å². The monoisotopic (exact) mass is 283 g/mol. The molecule has 1 N–H and O–H groups in total. The molecule has 1 aliphatic carbocycles. The van der Waals surface area contributed by atoms with Crippen LogP contribution in [-0.2, 0) is 0 Å². The highest BCUT2D eigenvalue weighted by molar-refractivity contribution is 5.85. The largest absolute Gasteiger partial charge is 0.314 e. The molecule has 5 heteroatoms. The highest BCUT2D eigenvalue weighted by Gasteiger charge is 2.28. The standard InChI is InChI=1S/C12H25N3.2ClH/c1-2-7-15(12-3-4-12)11-10-14-8-5-13-6-9-14;;/h12-13H,2-11H2,1H3;2*1H. The molecule has 2 fully saturated rings. The third-order valence-corrected chi connectivity index (χ3v) is 3.49. The molecule has 0 bridgehead atoms. The van der Waals surface area contributed by atoms with Crippen molar-refractivity contribution in [2.75, 3.05) is 45.8 Å². The minimum absolute atomic E-state index is 0. The minimum atomic E-state index is 0. The van der Waals surface area contributed by atoms with Gasteiger partial charge in [0.15, 0.2) is 0 Å². The number of nitrogens with one attached hydrogen (secondary N) is 1. The van der Waals surface area contributed by atoms with E-state index in [4.69, 9.17) is 0 Å². The number of hydrogen-bond donors (Lipinski definition) is 1. The first-order valence-corrected chi connectivity index (χ1v) is 6.57. The molecule has 0 aromatic heterocycles. The molecule has 3 nitrogen and oxygen atoms in total. The average molecular weight is 284 g/mol. The summed E-state index contributed by atoms with van der Waals surface area (Å²) in [5, 5.41) is 3.41. The van der Waals surface area contributed by atoms with Gasteiger partial charge in [-0.25, -0.2) is 0 Å². The lowest BCUT2D eigenvalue weighted by Crippen LogP contribution is -2.46. The Balaban J connectivity index is 0.00000128. The fraction of sp³-hybridized carbons (Fsp3) is 1.00. The fourth-order valence-electron chi connectivity index (χ4n) is 2.41. The van der Waals surface area contributed by atoms with E-state index >= 15 is 0 Å².